The van der Waals surface area contributed by atoms with Crippen LogP contribution in [-0.2, 0) is 6.42 Å². The van der Waals surface area contributed by atoms with Crippen LogP contribution in [0, 0.1) is 5.82 Å². The number of hydrogen-bond acceptors (Lipinski definition) is 2. The fraction of sp³-hybridized carbons (Fsp3) is 0.222. The third-order valence-electron chi connectivity index (χ3n) is 4.47. The van der Waals surface area contributed by atoms with Crippen LogP contribution in [0.2, 0.25) is 10.0 Å². The van der Waals surface area contributed by atoms with E-state index in [1.807, 2.05) is 6.07 Å². The van der Waals surface area contributed by atoms with Crippen LogP contribution >= 0.6 is 23.2 Å². The van der Waals surface area contributed by atoms with Crippen molar-refractivity contribution in [3.8, 4) is 5.75 Å². The number of ether oxygens (including phenoxy) is 1. The largest absolute Gasteiger partial charge is 0.495 e. The first-order valence-electron chi connectivity index (χ1n) is 7.65. The summed E-state index contributed by atoms with van der Waals surface area (Å²) in [6.07, 6.45) is 0.825. The molecule has 0 amide bonds. The summed E-state index contributed by atoms with van der Waals surface area (Å²) in [5.41, 5.74) is 3.90. The Morgan fingerprint density at radius 1 is 1.21 bits per heavy atom. The second-order valence-corrected chi connectivity index (χ2v) is 6.70. The number of H-pyrrole nitrogens is 1. The molecule has 2 heterocycles. The van der Waals surface area contributed by atoms with Gasteiger partial charge in [-0.15, -0.1) is 0 Å². The first-order valence-corrected chi connectivity index (χ1v) is 8.40. The van der Waals surface area contributed by atoms with E-state index in [-0.39, 0.29) is 11.9 Å². The predicted molar refractivity (Wildman–Crippen MR) is 94.8 cm³/mol. The first kappa shape index (κ1) is 15.8. The molecule has 4 rings (SSSR count). The highest BCUT2D eigenvalue weighted by Gasteiger charge is 2.28. The Morgan fingerprint density at radius 3 is 2.83 bits per heavy atom. The molecule has 2 aromatic carbocycles. The highest BCUT2D eigenvalue weighted by molar-refractivity contribution is 6.35. The Balaban J connectivity index is 1.93. The minimum Gasteiger partial charge on any atom is -0.495 e. The molecule has 0 fully saturated rings. The summed E-state index contributed by atoms with van der Waals surface area (Å²) in [5, 5.41) is 5.41. The molecule has 124 valence electrons. The maximum Gasteiger partial charge on any atom is 0.142 e. The van der Waals surface area contributed by atoms with E-state index in [0.717, 1.165) is 40.7 Å². The highest BCUT2D eigenvalue weighted by atomic mass is 35.5. The first-order chi connectivity index (χ1) is 11.6. The Labute approximate surface area is 148 Å². The Kier molecular flexibility index (Phi) is 3.91. The van der Waals surface area contributed by atoms with Gasteiger partial charge in [-0.25, -0.2) is 4.39 Å². The standard InChI is InChI=1S/C18H15Cl2FN2O/c1-24-18-13(6-9(19)7-14(18)20)16-17-11(4-5-22-16)12-8-10(21)2-3-15(12)23-17/h2-3,6-8,16,22-23H,4-5H2,1H3. The van der Waals surface area contributed by atoms with Crippen LogP contribution in [0.25, 0.3) is 10.9 Å². The fourth-order valence-electron chi connectivity index (χ4n) is 3.48. The van der Waals surface area contributed by atoms with Gasteiger partial charge in [0.15, 0.2) is 0 Å². The average Bonchev–Trinajstić information content (AvgIpc) is 2.92. The number of methoxy groups -OCH3 is 1. The van der Waals surface area contributed by atoms with Crippen LogP contribution in [-0.4, -0.2) is 18.6 Å². The van der Waals surface area contributed by atoms with Gasteiger partial charge in [0.25, 0.3) is 0 Å². The second-order valence-electron chi connectivity index (χ2n) is 5.85. The van der Waals surface area contributed by atoms with E-state index in [0.29, 0.717) is 15.8 Å². The molecule has 3 aromatic rings. The van der Waals surface area contributed by atoms with Crippen LogP contribution in [0.3, 0.4) is 0 Å². The van der Waals surface area contributed by atoms with E-state index in [1.54, 1.807) is 25.3 Å². The molecule has 1 aliphatic heterocycles. The maximum atomic E-state index is 13.6. The van der Waals surface area contributed by atoms with Crippen molar-refractivity contribution in [1.82, 2.24) is 10.3 Å². The highest BCUT2D eigenvalue weighted by Crippen LogP contribution is 2.41. The Hall–Kier alpha value is -1.75. The van der Waals surface area contributed by atoms with Crippen molar-refractivity contribution in [2.75, 3.05) is 13.7 Å². The molecule has 3 nitrogen and oxygen atoms in total. The van der Waals surface area contributed by atoms with E-state index in [4.69, 9.17) is 27.9 Å². The summed E-state index contributed by atoms with van der Waals surface area (Å²) < 4.78 is 19.1. The van der Waals surface area contributed by atoms with Crippen molar-refractivity contribution >= 4 is 34.1 Å². The monoisotopic (exact) mass is 364 g/mol. The lowest BCUT2D eigenvalue weighted by molar-refractivity contribution is 0.402. The number of aromatic nitrogens is 1. The van der Waals surface area contributed by atoms with Gasteiger partial charge in [-0.05, 0) is 42.3 Å². The van der Waals surface area contributed by atoms with Gasteiger partial charge in [0, 0.05) is 33.7 Å². The number of rotatable bonds is 2. The van der Waals surface area contributed by atoms with Crippen LogP contribution < -0.4 is 10.1 Å². The Morgan fingerprint density at radius 2 is 2.04 bits per heavy atom. The third kappa shape index (κ3) is 2.46. The van der Waals surface area contributed by atoms with Gasteiger partial charge in [0.1, 0.15) is 11.6 Å². The third-order valence-corrected chi connectivity index (χ3v) is 4.96. The predicted octanol–water partition coefficient (Wildman–Crippen LogP) is 4.86. The summed E-state index contributed by atoms with van der Waals surface area (Å²) in [6, 6.07) is 8.18. The minimum atomic E-state index is -0.234. The summed E-state index contributed by atoms with van der Waals surface area (Å²) >= 11 is 12.5. The van der Waals surface area contributed by atoms with E-state index < -0.39 is 0 Å². The summed E-state index contributed by atoms with van der Waals surface area (Å²) in [7, 11) is 1.59. The maximum absolute atomic E-state index is 13.6. The number of hydrogen-bond donors (Lipinski definition) is 2. The average molecular weight is 365 g/mol. The van der Waals surface area contributed by atoms with Gasteiger partial charge in [-0.1, -0.05) is 23.2 Å². The Bertz CT molecular complexity index is 938. The van der Waals surface area contributed by atoms with Gasteiger partial charge in [-0.3, -0.25) is 0 Å². The van der Waals surface area contributed by atoms with Crippen LogP contribution in [0.5, 0.6) is 5.75 Å². The van der Waals surface area contributed by atoms with Crippen LogP contribution in [0.4, 0.5) is 4.39 Å². The van der Waals surface area contributed by atoms with Gasteiger partial charge >= 0.3 is 0 Å². The van der Waals surface area contributed by atoms with Crippen molar-refractivity contribution in [1.29, 1.82) is 0 Å². The molecule has 1 aromatic heterocycles. The number of nitrogens with one attached hydrogen (secondary N) is 2. The lowest BCUT2D eigenvalue weighted by atomic mass is 9.94. The van der Waals surface area contributed by atoms with E-state index in [1.165, 1.54) is 6.07 Å². The molecular weight excluding hydrogens is 350 g/mol. The molecule has 0 spiro atoms. The molecule has 1 atom stereocenters. The van der Waals surface area contributed by atoms with Crippen molar-refractivity contribution in [2.24, 2.45) is 0 Å². The SMILES string of the molecule is COc1c(Cl)cc(Cl)cc1C1NCCc2c1[nH]c1ccc(F)cc21. The van der Waals surface area contributed by atoms with Crippen LogP contribution in [0.1, 0.15) is 22.9 Å². The van der Waals surface area contributed by atoms with Crippen molar-refractivity contribution in [3.63, 3.8) is 0 Å². The van der Waals surface area contributed by atoms with Crippen LogP contribution in [0.15, 0.2) is 30.3 Å². The van der Waals surface area contributed by atoms with E-state index in [2.05, 4.69) is 10.3 Å². The molecule has 24 heavy (non-hydrogen) atoms. The van der Waals surface area contributed by atoms with Gasteiger partial charge in [-0.2, -0.15) is 0 Å². The van der Waals surface area contributed by atoms with Crippen molar-refractivity contribution in [3.05, 3.63) is 63.0 Å². The summed E-state index contributed by atoms with van der Waals surface area (Å²) in [6.45, 7) is 0.772. The lowest BCUT2D eigenvalue weighted by Gasteiger charge is -2.26. The molecule has 0 bridgehead atoms. The molecule has 0 aliphatic carbocycles. The summed E-state index contributed by atoms with van der Waals surface area (Å²) in [5.74, 6) is 0.360. The number of aromatic amines is 1. The summed E-state index contributed by atoms with van der Waals surface area (Å²) in [4.78, 5) is 3.41. The topological polar surface area (TPSA) is 37.0 Å². The molecule has 0 radical (unpaired) electrons. The quantitative estimate of drug-likeness (QED) is 0.681. The molecular formula is C18H15Cl2FN2O. The molecule has 1 aliphatic rings. The number of fused-ring (bicyclic) bond motifs is 3. The van der Waals surface area contributed by atoms with Crippen molar-refractivity contribution in [2.45, 2.75) is 12.5 Å². The smallest absolute Gasteiger partial charge is 0.142 e. The van der Waals surface area contributed by atoms with Gasteiger partial charge in [0.05, 0.1) is 18.2 Å². The fourth-order valence-corrected chi connectivity index (χ4v) is 4.06. The normalized spacial score (nSPS) is 17.1. The minimum absolute atomic E-state index is 0.143. The molecule has 0 saturated heterocycles. The molecule has 6 heteroatoms. The number of benzene rings is 2. The molecule has 2 N–H and O–H groups in total. The second kappa shape index (κ2) is 5.96. The molecule has 1 unspecified atom stereocenters. The zero-order valence-electron chi connectivity index (χ0n) is 12.9. The zero-order chi connectivity index (χ0) is 16.8. The van der Waals surface area contributed by atoms with E-state index in [9.17, 15) is 4.39 Å². The molecule has 0 saturated carbocycles. The number of halogens is 3. The van der Waals surface area contributed by atoms with E-state index >= 15 is 0 Å². The van der Waals surface area contributed by atoms with Gasteiger partial charge in [0.2, 0.25) is 0 Å². The lowest BCUT2D eigenvalue weighted by Crippen LogP contribution is -2.30. The zero-order valence-corrected chi connectivity index (χ0v) is 14.4. The van der Waals surface area contributed by atoms with Crippen molar-refractivity contribution < 1.29 is 9.13 Å². The van der Waals surface area contributed by atoms with Gasteiger partial charge < -0.3 is 15.0 Å².